The van der Waals surface area contributed by atoms with Gasteiger partial charge in [-0.15, -0.1) is 0 Å². The highest BCUT2D eigenvalue weighted by atomic mass is 35.5. The standard InChI is InChI=1S/C17H24ClN5O4/c1-19(2)16(24)11-20(3)12-17(25)22-8-6-21(7-9-22)14-5-4-13(18)10-15(14)23(26)27/h4-5,10H,6-9,11-12H2,1-3H3. The van der Waals surface area contributed by atoms with E-state index < -0.39 is 4.92 Å². The Morgan fingerprint density at radius 2 is 1.78 bits per heavy atom. The Bertz CT molecular complexity index is 719. The number of nitro groups is 1. The van der Waals surface area contributed by atoms with E-state index in [1.807, 2.05) is 4.90 Å². The lowest BCUT2D eigenvalue weighted by Crippen LogP contribution is -2.51. The average Bonchev–Trinajstić information content (AvgIpc) is 2.61. The van der Waals surface area contributed by atoms with Crippen LogP contribution in [0.4, 0.5) is 11.4 Å². The van der Waals surface area contributed by atoms with E-state index in [0.29, 0.717) is 36.9 Å². The summed E-state index contributed by atoms with van der Waals surface area (Å²) in [5.74, 6) is -0.125. The van der Waals surface area contributed by atoms with Gasteiger partial charge in [0.15, 0.2) is 0 Å². The fourth-order valence-corrected chi connectivity index (χ4v) is 3.03. The first-order valence-electron chi connectivity index (χ1n) is 8.54. The fraction of sp³-hybridized carbons (Fsp3) is 0.529. The Morgan fingerprint density at radius 3 is 2.33 bits per heavy atom. The molecular formula is C17H24ClN5O4. The SMILES string of the molecule is CN(CC(=O)N(C)C)CC(=O)N1CCN(c2ccc(Cl)cc2[N+](=O)[O-])CC1. The zero-order chi connectivity index (χ0) is 20.1. The summed E-state index contributed by atoms with van der Waals surface area (Å²) in [5.41, 5.74) is 0.467. The second-order valence-electron chi connectivity index (χ2n) is 6.72. The highest BCUT2D eigenvalue weighted by Gasteiger charge is 2.26. The van der Waals surface area contributed by atoms with E-state index in [0.717, 1.165) is 0 Å². The fourth-order valence-electron chi connectivity index (χ4n) is 2.87. The Hall–Kier alpha value is -2.39. The number of piperazine rings is 1. The molecule has 1 heterocycles. The number of hydrogen-bond donors (Lipinski definition) is 0. The van der Waals surface area contributed by atoms with Gasteiger partial charge in [0, 0.05) is 51.4 Å². The van der Waals surface area contributed by atoms with Crippen LogP contribution in [0.5, 0.6) is 0 Å². The largest absolute Gasteiger partial charge is 0.362 e. The minimum atomic E-state index is -0.449. The van der Waals surface area contributed by atoms with Crippen molar-refractivity contribution in [2.75, 3.05) is 65.3 Å². The predicted octanol–water partition coefficient (Wildman–Crippen LogP) is 0.917. The molecule has 0 aromatic heterocycles. The van der Waals surface area contributed by atoms with Crippen LogP contribution in [0.3, 0.4) is 0 Å². The van der Waals surface area contributed by atoms with E-state index in [-0.39, 0.29) is 30.6 Å². The lowest BCUT2D eigenvalue weighted by Gasteiger charge is -2.36. The predicted molar refractivity (Wildman–Crippen MR) is 103 cm³/mol. The molecule has 1 fully saturated rings. The van der Waals surface area contributed by atoms with Crippen molar-refractivity contribution in [1.29, 1.82) is 0 Å². The number of carbonyl (C=O) groups excluding carboxylic acids is 2. The quantitative estimate of drug-likeness (QED) is 0.523. The highest BCUT2D eigenvalue weighted by Crippen LogP contribution is 2.31. The Labute approximate surface area is 163 Å². The number of nitrogens with zero attached hydrogens (tertiary/aromatic N) is 5. The van der Waals surface area contributed by atoms with Gasteiger partial charge in [0.25, 0.3) is 5.69 Å². The Kier molecular flexibility index (Phi) is 6.98. The summed E-state index contributed by atoms with van der Waals surface area (Å²) in [6, 6.07) is 4.60. The van der Waals surface area contributed by atoms with Gasteiger partial charge in [-0.2, -0.15) is 0 Å². The van der Waals surface area contributed by atoms with Crippen LogP contribution in [0.2, 0.25) is 5.02 Å². The maximum atomic E-state index is 12.4. The third-order valence-electron chi connectivity index (χ3n) is 4.42. The van der Waals surface area contributed by atoms with Crippen LogP contribution in [-0.2, 0) is 9.59 Å². The maximum absolute atomic E-state index is 12.4. The van der Waals surface area contributed by atoms with Crippen molar-refractivity contribution in [2.24, 2.45) is 0 Å². The molecule has 1 aliphatic heterocycles. The van der Waals surface area contributed by atoms with Crippen molar-refractivity contribution in [1.82, 2.24) is 14.7 Å². The summed E-state index contributed by atoms with van der Waals surface area (Å²) in [4.78, 5) is 41.7. The molecule has 0 spiro atoms. The van der Waals surface area contributed by atoms with Crippen LogP contribution in [0, 0.1) is 10.1 Å². The van der Waals surface area contributed by atoms with Crippen LogP contribution in [0.25, 0.3) is 0 Å². The first-order valence-corrected chi connectivity index (χ1v) is 8.92. The monoisotopic (exact) mass is 397 g/mol. The number of halogens is 1. The number of amides is 2. The van der Waals surface area contributed by atoms with Gasteiger partial charge < -0.3 is 14.7 Å². The number of anilines is 1. The summed E-state index contributed by atoms with van der Waals surface area (Å²) < 4.78 is 0. The number of nitro benzene ring substituents is 1. The van der Waals surface area contributed by atoms with E-state index in [1.54, 1.807) is 43.1 Å². The number of carbonyl (C=O) groups is 2. The van der Waals surface area contributed by atoms with Crippen LogP contribution < -0.4 is 4.90 Å². The third-order valence-corrected chi connectivity index (χ3v) is 4.65. The molecule has 2 rings (SSSR count). The van der Waals surface area contributed by atoms with Crippen LogP contribution in [-0.4, -0.2) is 91.8 Å². The van der Waals surface area contributed by atoms with Crippen molar-refractivity contribution in [3.63, 3.8) is 0 Å². The van der Waals surface area contributed by atoms with Crippen LogP contribution in [0.1, 0.15) is 0 Å². The zero-order valence-corrected chi connectivity index (χ0v) is 16.5. The topological polar surface area (TPSA) is 90.2 Å². The average molecular weight is 398 g/mol. The minimum absolute atomic E-state index is 0.0378. The molecule has 0 unspecified atom stereocenters. The lowest BCUT2D eigenvalue weighted by atomic mass is 10.2. The molecule has 0 N–H and O–H groups in total. The molecule has 2 amide bonds. The minimum Gasteiger partial charge on any atom is -0.362 e. The van der Waals surface area contributed by atoms with Crippen molar-refractivity contribution in [3.05, 3.63) is 33.3 Å². The van der Waals surface area contributed by atoms with Crippen molar-refractivity contribution >= 4 is 34.8 Å². The van der Waals surface area contributed by atoms with Gasteiger partial charge in [0.2, 0.25) is 11.8 Å². The summed E-state index contributed by atoms with van der Waals surface area (Å²) in [7, 11) is 5.08. The molecular weight excluding hydrogens is 374 g/mol. The lowest BCUT2D eigenvalue weighted by molar-refractivity contribution is -0.384. The molecule has 1 aliphatic rings. The number of likely N-dealkylation sites (N-methyl/N-ethyl adjacent to an activating group) is 2. The van der Waals surface area contributed by atoms with E-state index in [2.05, 4.69) is 0 Å². The smallest absolute Gasteiger partial charge is 0.294 e. The van der Waals surface area contributed by atoms with E-state index in [1.165, 1.54) is 11.0 Å². The number of hydrogen-bond acceptors (Lipinski definition) is 6. The van der Waals surface area contributed by atoms with Crippen LogP contribution in [0.15, 0.2) is 18.2 Å². The van der Waals surface area contributed by atoms with Gasteiger partial charge in [0.05, 0.1) is 18.0 Å². The van der Waals surface area contributed by atoms with E-state index in [4.69, 9.17) is 11.6 Å². The first-order chi connectivity index (χ1) is 12.7. The molecule has 9 nitrogen and oxygen atoms in total. The molecule has 27 heavy (non-hydrogen) atoms. The molecule has 1 saturated heterocycles. The first kappa shape index (κ1) is 20.9. The molecule has 0 radical (unpaired) electrons. The molecule has 1 aromatic rings. The van der Waals surface area contributed by atoms with Gasteiger partial charge in [0.1, 0.15) is 5.69 Å². The molecule has 0 atom stereocenters. The Balaban J connectivity index is 1.93. The normalized spacial score (nSPS) is 14.4. The van der Waals surface area contributed by atoms with Crippen molar-refractivity contribution in [2.45, 2.75) is 0 Å². The highest BCUT2D eigenvalue weighted by molar-refractivity contribution is 6.30. The zero-order valence-electron chi connectivity index (χ0n) is 15.7. The number of benzene rings is 1. The molecule has 1 aromatic carbocycles. The third kappa shape index (κ3) is 5.54. The van der Waals surface area contributed by atoms with Crippen molar-refractivity contribution in [3.8, 4) is 0 Å². The summed E-state index contributed by atoms with van der Waals surface area (Å²) in [5, 5.41) is 11.6. The molecule has 0 saturated carbocycles. The van der Waals surface area contributed by atoms with E-state index >= 15 is 0 Å². The number of rotatable bonds is 6. The van der Waals surface area contributed by atoms with Gasteiger partial charge in [-0.25, -0.2) is 0 Å². The van der Waals surface area contributed by atoms with E-state index in [9.17, 15) is 19.7 Å². The van der Waals surface area contributed by atoms with Gasteiger partial charge in [-0.1, -0.05) is 11.6 Å². The second-order valence-corrected chi connectivity index (χ2v) is 7.15. The summed E-state index contributed by atoms with van der Waals surface area (Å²) in [6.07, 6.45) is 0. The van der Waals surface area contributed by atoms with Gasteiger partial charge in [-0.3, -0.25) is 24.6 Å². The summed E-state index contributed by atoms with van der Waals surface area (Å²) in [6.45, 7) is 2.25. The molecule has 10 heteroatoms. The summed E-state index contributed by atoms with van der Waals surface area (Å²) >= 11 is 5.86. The Morgan fingerprint density at radius 1 is 1.15 bits per heavy atom. The van der Waals surface area contributed by atoms with Gasteiger partial charge in [-0.05, 0) is 19.2 Å². The second kappa shape index (κ2) is 9.01. The molecule has 148 valence electrons. The molecule has 0 bridgehead atoms. The maximum Gasteiger partial charge on any atom is 0.294 e. The van der Waals surface area contributed by atoms with Crippen LogP contribution >= 0.6 is 11.6 Å². The van der Waals surface area contributed by atoms with Gasteiger partial charge >= 0.3 is 0 Å². The van der Waals surface area contributed by atoms with Crippen molar-refractivity contribution < 1.29 is 14.5 Å². The molecule has 0 aliphatic carbocycles.